The molecule has 1 amide bonds. The fourth-order valence-electron chi connectivity index (χ4n) is 2.15. The van der Waals surface area contributed by atoms with Crippen LogP contribution in [0, 0.1) is 17.6 Å². The van der Waals surface area contributed by atoms with E-state index in [0.29, 0.717) is 11.4 Å². The van der Waals surface area contributed by atoms with E-state index in [4.69, 9.17) is 4.74 Å². The van der Waals surface area contributed by atoms with Gasteiger partial charge in [-0.1, -0.05) is 13.0 Å². The Morgan fingerprint density at radius 2 is 1.85 bits per heavy atom. The van der Waals surface area contributed by atoms with Gasteiger partial charge in [0.15, 0.2) is 11.6 Å². The molecule has 1 unspecified atom stereocenters. The Bertz CT molecular complexity index is 903. The van der Waals surface area contributed by atoms with Gasteiger partial charge in [0.2, 0.25) is 15.9 Å². The second-order valence-corrected chi connectivity index (χ2v) is 7.40. The minimum Gasteiger partial charge on any atom is -0.497 e. The number of halogens is 2. The zero-order valence-corrected chi connectivity index (χ0v) is 14.9. The molecule has 0 fully saturated rings. The van der Waals surface area contributed by atoms with Crippen LogP contribution in [0.1, 0.15) is 6.92 Å². The Kier molecular flexibility index (Phi) is 6.14. The van der Waals surface area contributed by atoms with Gasteiger partial charge in [-0.2, -0.15) is 0 Å². The molecule has 26 heavy (non-hydrogen) atoms. The summed E-state index contributed by atoms with van der Waals surface area (Å²) in [5.74, 6) is -3.71. The zero-order chi connectivity index (χ0) is 19.3. The van der Waals surface area contributed by atoms with E-state index in [1.165, 1.54) is 26.2 Å². The average Bonchev–Trinajstić information content (AvgIpc) is 2.57. The second-order valence-electron chi connectivity index (χ2n) is 5.63. The highest BCUT2D eigenvalue weighted by molar-refractivity contribution is 7.92. The number of benzene rings is 2. The number of hydrogen-bond donors (Lipinski definition) is 2. The number of amides is 1. The number of carbonyl (C=O) groups is 1. The monoisotopic (exact) mass is 384 g/mol. The Hall–Kier alpha value is -2.68. The molecule has 140 valence electrons. The molecule has 2 N–H and O–H groups in total. The minimum absolute atomic E-state index is 0.0407. The highest BCUT2D eigenvalue weighted by Crippen LogP contribution is 2.19. The van der Waals surface area contributed by atoms with Crippen molar-refractivity contribution >= 4 is 27.3 Å². The van der Waals surface area contributed by atoms with Gasteiger partial charge in [-0.15, -0.1) is 0 Å². The molecule has 0 radical (unpaired) electrons. The Morgan fingerprint density at radius 1 is 1.12 bits per heavy atom. The van der Waals surface area contributed by atoms with Gasteiger partial charge in [-0.25, -0.2) is 17.2 Å². The summed E-state index contributed by atoms with van der Waals surface area (Å²) in [7, 11) is -2.35. The van der Waals surface area contributed by atoms with Crippen LogP contribution in [0.2, 0.25) is 0 Å². The number of methoxy groups -OCH3 is 1. The molecule has 6 nitrogen and oxygen atoms in total. The fraction of sp³-hybridized carbons (Fsp3) is 0.235. The minimum atomic E-state index is -3.81. The number of carbonyl (C=O) groups excluding carboxylic acids is 1. The molecule has 0 aromatic heterocycles. The maximum Gasteiger partial charge on any atom is 0.233 e. The second kappa shape index (κ2) is 8.13. The lowest BCUT2D eigenvalue weighted by atomic mass is 10.2. The molecule has 2 rings (SSSR count). The van der Waals surface area contributed by atoms with Crippen LogP contribution in [0.15, 0.2) is 42.5 Å². The van der Waals surface area contributed by atoms with Crippen molar-refractivity contribution in [3.63, 3.8) is 0 Å². The van der Waals surface area contributed by atoms with E-state index in [1.54, 1.807) is 18.2 Å². The maximum absolute atomic E-state index is 13.2. The van der Waals surface area contributed by atoms with Gasteiger partial charge < -0.3 is 10.1 Å². The molecule has 0 aliphatic rings. The molecule has 1 atom stereocenters. The van der Waals surface area contributed by atoms with Crippen molar-refractivity contribution < 1.29 is 26.7 Å². The van der Waals surface area contributed by atoms with Crippen molar-refractivity contribution in [2.24, 2.45) is 5.92 Å². The van der Waals surface area contributed by atoms with E-state index in [-0.39, 0.29) is 5.69 Å². The predicted molar refractivity (Wildman–Crippen MR) is 94.6 cm³/mol. The molecule has 2 aromatic rings. The van der Waals surface area contributed by atoms with Crippen LogP contribution < -0.4 is 14.8 Å². The summed E-state index contributed by atoms with van der Waals surface area (Å²) in [4.78, 5) is 12.1. The molecule has 0 aliphatic heterocycles. The number of sulfonamides is 1. The van der Waals surface area contributed by atoms with Crippen LogP contribution >= 0.6 is 0 Å². The van der Waals surface area contributed by atoms with Crippen molar-refractivity contribution in [3.8, 4) is 5.75 Å². The van der Waals surface area contributed by atoms with Gasteiger partial charge in [0.25, 0.3) is 0 Å². The van der Waals surface area contributed by atoms with Gasteiger partial charge >= 0.3 is 0 Å². The average molecular weight is 384 g/mol. The molecule has 0 saturated carbocycles. The fourth-order valence-corrected chi connectivity index (χ4v) is 3.53. The molecule has 9 heteroatoms. The zero-order valence-electron chi connectivity index (χ0n) is 14.1. The summed E-state index contributed by atoms with van der Waals surface area (Å²) >= 11 is 0. The van der Waals surface area contributed by atoms with E-state index >= 15 is 0 Å². The summed E-state index contributed by atoms with van der Waals surface area (Å²) in [6.45, 7) is 1.42. The van der Waals surface area contributed by atoms with Crippen LogP contribution in [-0.4, -0.2) is 27.2 Å². The van der Waals surface area contributed by atoms with E-state index in [9.17, 15) is 22.0 Å². The van der Waals surface area contributed by atoms with Gasteiger partial charge in [0, 0.05) is 17.8 Å². The van der Waals surface area contributed by atoms with Gasteiger partial charge in [0.05, 0.1) is 24.5 Å². The van der Waals surface area contributed by atoms with Crippen molar-refractivity contribution in [1.29, 1.82) is 0 Å². The van der Waals surface area contributed by atoms with Crippen molar-refractivity contribution in [2.75, 3.05) is 22.9 Å². The van der Waals surface area contributed by atoms with Crippen molar-refractivity contribution in [1.82, 2.24) is 0 Å². The summed E-state index contributed by atoms with van der Waals surface area (Å²) in [6.07, 6.45) is 0. The Labute approximate surface area is 150 Å². The molecular weight excluding hydrogens is 366 g/mol. The Balaban J connectivity index is 2.00. The predicted octanol–water partition coefficient (Wildman–Crippen LogP) is 2.99. The SMILES string of the molecule is COc1cccc(NS(=O)(=O)CC(C)C(=O)Nc2ccc(F)c(F)c2)c1. The van der Waals surface area contributed by atoms with Crippen LogP contribution in [-0.2, 0) is 14.8 Å². The third-order valence-electron chi connectivity index (χ3n) is 3.45. The third-order valence-corrected chi connectivity index (χ3v) is 4.93. The molecular formula is C17H18F2N2O4S. The molecule has 0 spiro atoms. The number of hydrogen-bond acceptors (Lipinski definition) is 4. The Morgan fingerprint density at radius 3 is 2.50 bits per heavy atom. The molecule has 2 aromatic carbocycles. The number of ether oxygens (including phenoxy) is 1. The summed E-state index contributed by atoms with van der Waals surface area (Å²) in [5.41, 5.74) is 0.344. The summed E-state index contributed by atoms with van der Waals surface area (Å²) in [6, 6.07) is 9.22. The first-order valence-corrected chi connectivity index (χ1v) is 9.26. The summed E-state index contributed by atoms with van der Waals surface area (Å²) in [5, 5.41) is 2.36. The lowest BCUT2D eigenvalue weighted by Gasteiger charge is -2.14. The number of rotatable bonds is 7. The quantitative estimate of drug-likeness (QED) is 0.769. The van der Waals surface area contributed by atoms with Crippen molar-refractivity contribution in [3.05, 3.63) is 54.1 Å². The van der Waals surface area contributed by atoms with Gasteiger partial charge in [0.1, 0.15) is 5.75 Å². The highest BCUT2D eigenvalue weighted by Gasteiger charge is 2.22. The van der Waals surface area contributed by atoms with Gasteiger partial charge in [-0.05, 0) is 24.3 Å². The largest absolute Gasteiger partial charge is 0.497 e. The molecule has 0 saturated heterocycles. The van der Waals surface area contributed by atoms with Gasteiger partial charge in [-0.3, -0.25) is 9.52 Å². The van der Waals surface area contributed by atoms with Crippen LogP contribution in [0.25, 0.3) is 0 Å². The van der Waals surface area contributed by atoms with E-state index < -0.39 is 39.2 Å². The van der Waals surface area contributed by atoms with E-state index in [0.717, 1.165) is 12.1 Å². The smallest absolute Gasteiger partial charge is 0.233 e. The normalized spacial score (nSPS) is 12.3. The molecule has 0 bridgehead atoms. The summed E-state index contributed by atoms with van der Waals surface area (Å²) < 4.78 is 57.9. The lowest BCUT2D eigenvalue weighted by molar-refractivity contribution is -0.118. The first kappa shape index (κ1) is 19.6. The topological polar surface area (TPSA) is 84.5 Å². The van der Waals surface area contributed by atoms with E-state index in [1.807, 2.05) is 0 Å². The third kappa shape index (κ3) is 5.41. The maximum atomic E-state index is 13.2. The van der Waals surface area contributed by atoms with Crippen LogP contribution in [0.4, 0.5) is 20.2 Å². The molecule has 0 aliphatic carbocycles. The lowest BCUT2D eigenvalue weighted by Crippen LogP contribution is -2.29. The van der Waals surface area contributed by atoms with Crippen LogP contribution in [0.5, 0.6) is 5.75 Å². The first-order chi connectivity index (χ1) is 12.2. The van der Waals surface area contributed by atoms with Crippen molar-refractivity contribution in [2.45, 2.75) is 6.92 Å². The number of nitrogens with one attached hydrogen (secondary N) is 2. The highest BCUT2D eigenvalue weighted by atomic mass is 32.2. The van der Waals surface area contributed by atoms with Crippen LogP contribution in [0.3, 0.4) is 0 Å². The number of anilines is 2. The van der Waals surface area contributed by atoms with E-state index in [2.05, 4.69) is 10.0 Å². The standard InChI is InChI=1S/C17H18F2N2O4S/c1-11(17(22)20-12-6-7-15(18)16(19)9-12)10-26(23,24)21-13-4-3-5-14(8-13)25-2/h3-9,11,21H,10H2,1-2H3,(H,20,22). The molecule has 0 heterocycles. The first-order valence-electron chi connectivity index (χ1n) is 7.60.